The second-order valence-electron chi connectivity index (χ2n) is 7.14. The number of benzene rings is 1. The molecular weight excluding hydrogens is 363 g/mol. The van der Waals surface area contributed by atoms with Gasteiger partial charge in [-0.3, -0.25) is 14.2 Å². The van der Waals surface area contributed by atoms with Crippen molar-refractivity contribution in [1.82, 2.24) is 19.6 Å². The number of amides is 1. The molecule has 1 aromatic carbocycles. The molecule has 0 saturated carbocycles. The summed E-state index contributed by atoms with van der Waals surface area (Å²) in [4.78, 5) is 31.5. The number of carbonyl (C=O) groups is 1. The monoisotopic (exact) mass is 384 g/mol. The van der Waals surface area contributed by atoms with Gasteiger partial charge < -0.3 is 9.42 Å². The normalized spacial score (nSPS) is 17.2. The summed E-state index contributed by atoms with van der Waals surface area (Å²) < 4.78 is 19.7. The summed E-state index contributed by atoms with van der Waals surface area (Å²) in [6, 6.07) is 5.89. The Morgan fingerprint density at radius 1 is 1.29 bits per heavy atom. The molecule has 1 amide bonds. The van der Waals surface area contributed by atoms with Crippen LogP contribution in [-0.4, -0.2) is 38.1 Å². The fourth-order valence-electron chi connectivity index (χ4n) is 3.67. The van der Waals surface area contributed by atoms with E-state index in [1.165, 1.54) is 35.2 Å². The van der Waals surface area contributed by atoms with Crippen LogP contribution in [0.25, 0.3) is 22.4 Å². The molecule has 4 rings (SSSR count). The van der Waals surface area contributed by atoms with Gasteiger partial charge in [0.2, 0.25) is 5.91 Å². The molecular formula is C20H21FN4O3. The van der Waals surface area contributed by atoms with Crippen molar-refractivity contribution in [2.75, 3.05) is 6.54 Å². The van der Waals surface area contributed by atoms with Gasteiger partial charge in [-0.2, -0.15) is 0 Å². The van der Waals surface area contributed by atoms with Crippen LogP contribution in [0.15, 0.2) is 39.9 Å². The third-order valence-corrected chi connectivity index (χ3v) is 5.27. The molecule has 1 aliphatic heterocycles. The summed E-state index contributed by atoms with van der Waals surface area (Å²) >= 11 is 0. The van der Waals surface area contributed by atoms with Crippen LogP contribution < -0.4 is 5.56 Å². The SMILES string of the molecule is CC1CCCCN1C(=O)CCn1cnc2onc(-c3ccc(F)cc3)c2c1=O. The zero-order valence-electron chi connectivity index (χ0n) is 15.6. The highest BCUT2D eigenvalue weighted by Crippen LogP contribution is 2.24. The van der Waals surface area contributed by atoms with Crippen molar-refractivity contribution in [3.8, 4) is 11.3 Å². The first kappa shape index (κ1) is 18.3. The number of fused-ring (bicyclic) bond motifs is 1. The standard InChI is InChI=1S/C20H21FN4O3/c1-13-4-2-3-10-25(13)16(26)9-11-24-12-22-19-17(20(24)27)18(23-28-19)14-5-7-15(21)8-6-14/h5-8,12-13H,2-4,9-11H2,1H3. The van der Waals surface area contributed by atoms with Crippen LogP contribution in [0.3, 0.4) is 0 Å². The lowest BCUT2D eigenvalue weighted by molar-refractivity contribution is -0.134. The summed E-state index contributed by atoms with van der Waals surface area (Å²) in [6.45, 7) is 3.06. The van der Waals surface area contributed by atoms with Crippen LogP contribution >= 0.6 is 0 Å². The van der Waals surface area contributed by atoms with Gasteiger partial charge in [0.05, 0.1) is 0 Å². The molecule has 146 valence electrons. The van der Waals surface area contributed by atoms with Crippen LogP contribution in [-0.2, 0) is 11.3 Å². The molecule has 3 aromatic rings. The number of carbonyl (C=O) groups excluding carboxylic acids is 1. The molecule has 0 spiro atoms. The Morgan fingerprint density at radius 3 is 2.82 bits per heavy atom. The van der Waals surface area contributed by atoms with Gasteiger partial charge in [0, 0.05) is 31.1 Å². The third kappa shape index (κ3) is 3.42. The van der Waals surface area contributed by atoms with E-state index in [1.54, 1.807) is 0 Å². The Bertz CT molecular complexity index is 1060. The molecule has 0 radical (unpaired) electrons. The maximum Gasteiger partial charge on any atom is 0.266 e. The molecule has 1 aliphatic rings. The molecule has 0 bridgehead atoms. The minimum Gasteiger partial charge on any atom is -0.340 e. The first-order valence-electron chi connectivity index (χ1n) is 9.45. The van der Waals surface area contributed by atoms with E-state index in [1.807, 2.05) is 4.90 Å². The smallest absolute Gasteiger partial charge is 0.266 e. The number of nitrogens with zero attached hydrogens (tertiary/aromatic N) is 4. The van der Waals surface area contributed by atoms with Gasteiger partial charge >= 0.3 is 0 Å². The number of piperidine rings is 1. The van der Waals surface area contributed by atoms with Gasteiger partial charge in [0.1, 0.15) is 23.2 Å². The maximum absolute atomic E-state index is 13.2. The molecule has 0 aliphatic carbocycles. The molecule has 8 heteroatoms. The average Bonchev–Trinajstić information content (AvgIpc) is 3.13. The van der Waals surface area contributed by atoms with Crippen LogP contribution in [0.5, 0.6) is 0 Å². The van der Waals surface area contributed by atoms with Gasteiger partial charge in [-0.25, -0.2) is 9.37 Å². The molecule has 28 heavy (non-hydrogen) atoms. The summed E-state index contributed by atoms with van der Waals surface area (Å²) in [5.74, 6) is -0.333. The Hall–Kier alpha value is -3.03. The number of aromatic nitrogens is 3. The fourth-order valence-corrected chi connectivity index (χ4v) is 3.67. The zero-order chi connectivity index (χ0) is 19.7. The van der Waals surface area contributed by atoms with Crippen molar-refractivity contribution in [2.24, 2.45) is 0 Å². The van der Waals surface area contributed by atoms with E-state index >= 15 is 0 Å². The Labute approximate surface area is 160 Å². The quantitative estimate of drug-likeness (QED) is 0.691. The average molecular weight is 384 g/mol. The predicted molar refractivity (Wildman–Crippen MR) is 101 cm³/mol. The van der Waals surface area contributed by atoms with Crippen molar-refractivity contribution < 1.29 is 13.7 Å². The molecule has 0 N–H and O–H groups in total. The van der Waals surface area contributed by atoms with E-state index in [-0.39, 0.29) is 47.4 Å². The van der Waals surface area contributed by atoms with E-state index < -0.39 is 0 Å². The van der Waals surface area contributed by atoms with Crippen molar-refractivity contribution in [1.29, 1.82) is 0 Å². The van der Waals surface area contributed by atoms with Crippen molar-refractivity contribution >= 4 is 17.0 Å². The van der Waals surface area contributed by atoms with Gasteiger partial charge in [-0.05, 0) is 50.5 Å². The van der Waals surface area contributed by atoms with Crippen molar-refractivity contribution in [2.45, 2.75) is 45.2 Å². The lowest BCUT2D eigenvalue weighted by atomic mass is 10.0. The number of rotatable bonds is 4. The van der Waals surface area contributed by atoms with E-state index in [0.717, 1.165) is 25.8 Å². The lowest BCUT2D eigenvalue weighted by Gasteiger charge is -2.33. The summed E-state index contributed by atoms with van der Waals surface area (Å²) in [6.07, 6.45) is 4.78. The zero-order valence-corrected chi connectivity index (χ0v) is 15.6. The van der Waals surface area contributed by atoms with Crippen molar-refractivity contribution in [3.05, 3.63) is 46.8 Å². The molecule has 1 fully saturated rings. The Balaban J connectivity index is 1.59. The molecule has 7 nitrogen and oxygen atoms in total. The molecule has 1 saturated heterocycles. The first-order valence-corrected chi connectivity index (χ1v) is 9.45. The second kappa shape index (κ2) is 7.53. The van der Waals surface area contributed by atoms with E-state index in [9.17, 15) is 14.0 Å². The predicted octanol–water partition coefficient (Wildman–Crippen LogP) is 2.98. The fraction of sp³-hybridized carbons (Fsp3) is 0.400. The summed E-state index contributed by atoms with van der Waals surface area (Å²) in [5.41, 5.74) is 0.675. The van der Waals surface area contributed by atoms with Gasteiger partial charge in [-0.1, -0.05) is 5.16 Å². The molecule has 2 aromatic heterocycles. The molecule has 1 unspecified atom stereocenters. The van der Waals surface area contributed by atoms with E-state index in [2.05, 4.69) is 17.1 Å². The number of likely N-dealkylation sites (tertiary alicyclic amines) is 1. The number of hydrogen-bond donors (Lipinski definition) is 0. The Morgan fingerprint density at radius 2 is 2.07 bits per heavy atom. The van der Waals surface area contributed by atoms with Crippen LogP contribution in [0.4, 0.5) is 4.39 Å². The van der Waals surface area contributed by atoms with Crippen molar-refractivity contribution in [3.63, 3.8) is 0 Å². The van der Waals surface area contributed by atoms with Crippen LogP contribution in [0.1, 0.15) is 32.6 Å². The highest BCUT2D eigenvalue weighted by Gasteiger charge is 2.23. The van der Waals surface area contributed by atoms with Crippen LogP contribution in [0.2, 0.25) is 0 Å². The summed E-state index contributed by atoms with van der Waals surface area (Å²) in [7, 11) is 0. The lowest BCUT2D eigenvalue weighted by Crippen LogP contribution is -2.42. The van der Waals surface area contributed by atoms with E-state index in [0.29, 0.717) is 11.3 Å². The molecule has 1 atom stereocenters. The highest BCUT2D eigenvalue weighted by molar-refractivity contribution is 5.88. The van der Waals surface area contributed by atoms with Gasteiger partial charge in [0.15, 0.2) is 0 Å². The topological polar surface area (TPSA) is 81.2 Å². The first-order chi connectivity index (χ1) is 13.5. The number of aryl methyl sites for hydroxylation is 1. The number of halogens is 1. The van der Waals surface area contributed by atoms with Gasteiger partial charge in [-0.15, -0.1) is 0 Å². The molecule has 3 heterocycles. The van der Waals surface area contributed by atoms with Crippen LogP contribution in [0, 0.1) is 5.82 Å². The third-order valence-electron chi connectivity index (χ3n) is 5.27. The maximum atomic E-state index is 13.2. The highest BCUT2D eigenvalue weighted by atomic mass is 19.1. The summed E-state index contributed by atoms with van der Waals surface area (Å²) in [5, 5.41) is 4.16. The van der Waals surface area contributed by atoms with Gasteiger partial charge in [0.25, 0.3) is 11.3 Å². The minimum atomic E-state index is -0.377. The minimum absolute atomic E-state index is 0.0447. The number of hydrogen-bond acceptors (Lipinski definition) is 5. The largest absolute Gasteiger partial charge is 0.340 e. The second-order valence-corrected chi connectivity index (χ2v) is 7.14. The Kier molecular flexibility index (Phi) is 4.93. The van der Waals surface area contributed by atoms with E-state index in [4.69, 9.17) is 4.52 Å².